The van der Waals surface area contributed by atoms with Crippen molar-refractivity contribution < 1.29 is 13.2 Å². The van der Waals surface area contributed by atoms with Crippen LogP contribution in [0.4, 0.5) is 0 Å². The van der Waals surface area contributed by atoms with Gasteiger partial charge >= 0.3 is 0 Å². The lowest BCUT2D eigenvalue weighted by atomic mass is 10.0. The number of nitrogens with zero attached hydrogens (tertiary/aromatic N) is 3. The zero-order chi connectivity index (χ0) is 14.3. The Balaban J connectivity index is 1.95. The average molecular weight is 300 g/mol. The Morgan fingerprint density at radius 2 is 2.25 bits per heavy atom. The highest BCUT2D eigenvalue weighted by molar-refractivity contribution is 7.86. The Morgan fingerprint density at radius 1 is 1.45 bits per heavy atom. The Labute approximate surface area is 119 Å². The van der Waals surface area contributed by atoms with Crippen LogP contribution >= 0.6 is 0 Å². The molecule has 7 nitrogen and oxygen atoms in total. The van der Waals surface area contributed by atoms with Gasteiger partial charge in [-0.2, -0.15) is 22.1 Å². The third-order valence-electron chi connectivity index (χ3n) is 4.00. The molecular formula is C12H20N4O3S. The minimum Gasteiger partial charge on any atom is -0.376 e. The summed E-state index contributed by atoms with van der Waals surface area (Å²) in [6.07, 6.45) is 2.49. The Bertz CT molecular complexity index is 596. The van der Waals surface area contributed by atoms with E-state index < -0.39 is 10.2 Å². The van der Waals surface area contributed by atoms with Crippen molar-refractivity contribution in [3.8, 4) is 0 Å². The van der Waals surface area contributed by atoms with Crippen LogP contribution in [-0.4, -0.2) is 54.5 Å². The Hall–Kier alpha value is -0.960. The first-order chi connectivity index (χ1) is 9.51. The summed E-state index contributed by atoms with van der Waals surface area (Å²) in [5, 5.41) is 7.41. The minimum absolute atomic E-state index is 0.177. The van der Waals surface area contributed by atoms with E-state index in [9.17, 15) is 8.42 Å². The Kier molecular flexibility index (Phi) is 3.57. The number of ether oxygens (including phenoxy) is 1. The molecule has 2 aliphatic heterocycles. The summed E-state index contributed by atoms with van der Waals surface area (Å²) >= 11 is 0. The van der Waals surface area contributed by atoms with Crippen LogP contribution < -0.4 is 0 Å². The molecule has 112 valence electrons. The third-order valence-corrected chi connectivity index (χ3v) is 5.96. The van der Waals surface area contributed by atoms with E-state index in [0.29, 0.717) is 19.8 Å². The molecule has 0 amide bonds. The maximum absolute atomic E-state index is 12.4. The molecule has 0 spiro atoms. The van der Waals surface area contributed by atoms with Crippen LogP contribution in [0.5, 0.6) is 0 Å². The van der Waals surface area contributed by atoms with Crippen molar-refractivity contribution in [1.82, 2.24) is 18.8 Å². The molecular weight excluding hydrogens is 280 g/mol. The van der Waals surface area contributed by atoms with E-state index in [2.05, 4.69) is 10.2 Å². The number of hydrogen-bond donors (Lipinski definition) is 1. The summed E-state index contributed by atoms with van der Waals surface area (Å²) in [5.74, 6) is 0. The van der Waals surface area contributed by atoms with E-state index in [1.807, 2.05) is 0 Å². The van der Waals surface area contributed by atoms with Crippen molar-refractivity contribution in [1.29, 1.82) is 0 Å². The van der Waals surface area contributed by atoms with Gasteiger partial charge in [-0.15, -0.1) is 0 Å². The molecule has 20 heavy (non-hydrogen) atoms. The van der Waals surface area contributed by atoms with E-state index in [1.54, 1.807) is 18.4 Å². The summed E-state index contributed by atoms with van der Waals surface area (Å²) in [5.41, 5.74) is 2.96. The second kappa shape index (κ2) is 5.10. The van der Waals surface area contributed by atoms with Crippen molar-refractivity contribution in [2.24, 2.45) is 0 Å². The molecule has 0 bridgehead atoms. The van der Waals surface area contributed by atoms with Gasteiger partial charge in [-0.1, -0.05) is 0 Å². The van der Waals surface area contributed by atoms with Crippen LogP contribution in [0.2, 0.25) is 0 Å². The van der Waals surface area contributed by atoms with Crippen LogP contribution in [0, 0.1) is 0 Å². The number of hydrogen-bond acceptors (Lipinski definition) is 4. The average Bonchev–Trinajstić information content (AvgIpc) is 3.04. The fourth-order valence-corrected chi connectivity index (χ4v) is 4.21. The smallest absolute Gasteiger partial charge is 0.282 e. The van der Waals surface area contributed by atoms with E-state index in [4.69, 9.17) is 4.74 Å². The molecule has 1 unspecified atom stereocenters. The molecule has 3 rings (SSSR count). The number of nitrogens with one attached hydrogen (secondary N) is 1. The molecule has 1 aromatic rings. The summed E-state index contributed by atoms with van der Waals surface area (Å²) in [7, 11) is -0.280. The SMILES string of the molecule is CN(C)S(=O)(=O)N1CCCC1c1n[nH]c2c1COCC2. The standard InChI is InChI=1S/C12H20N4O3S/c1-15(2)20(17,18)16-6-3-4-11(16)12-9-8-19-7-5-10(9)13-14-12/h11H,3-8H2,1-2H3,(H,13,14). The number of aromatic amines is 1. The van der Waals surface area contributed by atoms with Gasteiger partial charge in [0.2, 0.25) is 0 Å². The minimum atomic E-state index is -3.41. The lowest BCUT2D eigenvalue weighted by Gasteiger charge is -2.27. The van der Waals surface area contributed by atoms with Gasteiger partial charge in [-0.3, -0.25) is 5.10 Å². The van der Waals surface area contributed by atoms with E-state index in [1.165, 1.54) is 4.31 Å². The molecule has 3 heterocycles. The maximum Gasteiger partial charge on any atom is 0.282 e. The second-order valence-corrected chi connectivity index (χ2v) is 7.52. The number of H-pyrrole nitrogens is 1. The second-order valence-electron chi connectivity index (χ2n) is 5.43. The molecule has 1 atom stereocenters. The van der Waals surface area contributed by atoms with Gasteiger partial charge in [0.1, 0.15) is 0 Å². The fraction of sp³-hybridized carbons (Fsp3) is 0.750. The summed E-state index contributed by atoms with van der Waals surface area (Å²) in [6.45, 7) is 1.76. The fourth-order valence-electron chi connectivity index (χ4n) is 2.91. The number of aromatic nitrogens is 2. The lowest BCUT2D eigenvalue weighted by Crippen LogP contribution is -2.39. The molecule has 0 aliphatic carbocycles. The normalized spacial score (nSPS) is 24.2. The Morgan fingerprint density at radius 3 is 3.00 bits per heavy atom. The van der Waals surface area contributed by atoms with Crippen LogP contribution in [0.25, 0.3) is 0 Å². The molecule has 1 fully saturated rings. The molecule has 2 aliphatic rings. The van der Waals surface area contributed by atoms with Gasteiger partial charge in [0.05, 0.1) is 24.9 Å². The summed E-state index contributed by atoms with van der Waals surface area (Å²) in [6, 6.07) is -0.177. The lowest BCUT2D eigenvalue weighted by molar-refractivity contribution is 0.109. The predicted octanol–water partition coefficient (Wildman–Crippen LogP) is 0.426. The predicted molar refractivity (Wildman–Crippen MR) is 73.2 cm³/mol. The van der Waals surface area contributed by atoms with Crippen LogP contribution in [0.1, 0.15) is 35.8 Å². The number of rotatable bonds is 3. The van der Waals surface area contributed by atoms with E-state index in [-0.39, 0.29) is 6.04 Å². The maximum atomic E-state index is 12.4. The van der Waals surface area contributed by atoms with Crippen molar-refractivity contribution in [3.63, 3.8) is 0 Å². The highest BCUT2D eigenvalue weighted by Crippen LogP contribution is 2.37. The quantitative estimate of drug-likeness (QED) is 0.878. The molecule has 1 N–H and O–H groups in total. The summed E-state index contributed by atoms with van der Waals surface area (Å²) in [4.78, 5) is 0. The van der Waals surface area contributed by atoms with Crippen LogP contribution in [0.15, 0.2) is 0 Å². The first-order valence-corrected chi connectivity index (χ1v) is 8.24. The van der Waals surface area contributed by atoms with Crippen molar-refractivity contribution in [2.45, 2.75) is 31.9 Å². The van der Waals surface area contributed by atoms with Crippen molar-refractivity contribution in [2.75, 3.05) is 27.2 Å². The highest BCUT2D eigenvalue weighted by Gasteiger charge is 2.39. The molecule has 0 saturated carbocycles. The third kappa shape index (κ3) is 2.16. The zero-order valence-electron chi connectivity index (χ0n) is 11.8. The van der Waals surface area contributed by atoms with Crippen molar-refractivity contribution >= 4 is 10.2 Å². The van der Waals surface area contributed by atoms with Gasteiger partial charge in [0.25, 0.3) is 10.2 Å². The number of fused-ring (bicyclic) bond motifs is 1. The van der Waals surface area contributed by atoms with Gasteiger partial charge in [0, 0.05) is 38.3 Å². The first kappa shape index (κ1) is 14.0. The van der Waals surface area contributed by atoms with Crippen molar-refractivity contribution in [3.05, 3.63) is 17.0 Å². The first-order valence-electron chi connectivity index (χ1n) is 6.85. The molecule has 0 radical (unpaired) electrons. The molecule has 1 saturated heterocycles. The van der Waals surface area contributed by atoms with Gasteiger partial charge < -0.3 is 4.74 Å². The van der Waals surface area contributed by atoms with Gasteiger partial charge in [-0.05, 0) is 12.8 Å². The van der Waals surface area contributed by atoms with Crippen LogP contribution in [-0.2, 0) is 28.0 Å². The molecule has 8 heteroatoms. The monoisotopic (exact) mass is 300 g/mol. The van der Waals surface area contributed by atoms with Gasteiger partial charge in [0.15, 0.2) is 0 Å². The highest BCUT2D eigenvalue weighted by atomic mass is 32.2. The largest absolute Gasteiger partial charge is 0.376 e. The molecule has 0 aromatic carbocycles. The van der Waals surface area contributed by atoms with E-state index in [0.717, 1.165) is 36.2 Å². The van der Waals surface area contributed by atoms with Crippen LogP contribution in [0.3, 0.4) is 0 Å². The van der Waals surface area contributed by atoms with Gasteiger partial charge in [-0.25, -0.2) is 0 Å². The molecule has 1 aromatic heterocycles. The van der Waals surface area contributed by atoms with E-state index >= 15 is 0 Å². The zero-order valence-corrected chi connectivity index (χ0v) is 12.6. The topological polar surface area (TPSA) is 78.5 Å². The summed E-state index contributed by atoms with van der Waals surface area (Å²) < 4.78 is 33.1.